The zero-order chi connectivity index (χ0) is 24.2. The SMILES string of the molecule is Cc1oc(-c2ccccc2)nc1CCOc1ccc(C=O)c(O[Si](C)(C)C(C)(C)C(C)C)c1. The Morgan fingerprint density at radius 1 is 1.12 bits per heavy atom. The number of carbonyl (C=O) groups is 1. The molecule has 0 radical (unpaired) electrons. The smallest absolute Gasteiger partial charge is 0.251 e. The number of aromatic nitrogens is 1. The standard InChI is InChI=1S/C27H35NO4Si/c1-19(2)27(4,5)33(6,7)32-25-17-23(14-13-22(25)18-29)30-16-15-24-20(3)31-26(28-24)21-11-9-8-10-12-21/h8-14,17-19H,15-16H2,1-7H3. The van der Waals surface area contributed by atoms with Crippen LogP contribution in [-0.2, 0) is 6.42 Å². The normalized spacial score (nSPS) is 12.1. The zero-order valence-corrected chi connectivity index (χ0v) is 21.8. The second-order valence-electron chi connectivity index (χ2n) is 9.79. The lowest BCUT2D eigenvalue weighted by Crippen LogP contribution is -2.48. The third kappa shape index (κ3) is 5.56. The summed E-state index contributed by atoms with van der Waals surface area (Å²) in [5, 5.41) is 0.0327. The van der Waals surface area contributed by atoms with Gasteiger partial charge in [-0.25, -0.2) is 4.98 Å². The number of rotatable bonds is 10. The lowest BCUT2D eigenvalue weighted by atomic mass is 9.99. The van der Waals surface area contributed by atoms with Gasteiger partial charge in [-0.2, -0.15) is 0 Å². The molecule has 3 aromatic rings. The van der Waals surface area contributed by atoms with Crippen LogP contribution in [0.25, 0.3) is 11.5 Å². The van der Waals surface area contributed by atoms with Crippen molar-refractivity contribution in [3.63, 3.8) is 0 Å². The maximum atomic E-state index is 11.6. The lowest BCUT2D eigenvalue weighted by molar-refractivity contribution is 0.112. The predicted octanol–water partition coefficient (Wildman–Crippen LogP) is 7.10. The van der Waals surface area contributed by atoms with Crippen molar-refractivity contribution in [2.75, 3.05) is 6.61 Å². The first-order valence-electron chi connectivity index (χ1n) is 11.5. The highest BCUT2D eigenvalue weighted by Crippen LogP contribution is 2.45. The number of aryl methyl sites for hydroxylation is 1. The Bertz CT molecular complexity index is 1090. The van der Waals surface area contributed by atoms with Crippen LogP contribution in [-0.4, -0.2) is 26.2 Å². The van der Waals surface area contributed by atoms with Gasteiger partial charge in [-0.3, -0.25) is 4.79 Å². The van der Waals surface area contributed by atoms with Crippen LogP contribution >= 0.6 is 0 Å². The molecule has 33 heavy (non-hydrogen) atoms. The molecule has 2 aromatic carbocycles. The molecule has 0 saturated heterocycles. The van der Waals surface area contributed by atoms with E-state index in [9.17, 15) is 4.79 Å². The maximum absolute atomic E-state index is 11.6. The van der Waals surface area contributed by atoms with Gasteiger partial charge in [-0.05, 0) is 55.2 Å². The van der Waals surface area contributed by atoms with Gasteiger partial charge in [-0.15, -0.1) is 0 Å². The molecule has 0 amide bonds. The molecule has 0 aliphatic carbocycles. The van der Waals surface area contributed by atoms with Gasteiger partial charge in [-0.1, -0.05) is 45.9 Å². The van der Waals surface area contributed by atoms with Gasteiger partial charge in [0.15, 0.2) is 6.29 Å². The van der Waals surface area contributed by atoms with Crippen LogP contribution < -0.4 is 9.16 Å². The van der Waals surface area contributed by atoms with E-state index in [1.807, 2.05) is 49.4 Å². The van der Waals surface area contributed by atoms with E-state index in [-0.39, 0.29) is 5.04 Å². The summed E-state index contributed by atoms with van der Waals surface area (Å²) in [5.74, 6) is 3.14. The molecule has 1 aromatic heterocycles. The Kier molecular flexibility index (Phi) is 7.47. The molecule has 0 saturated carbocycles. The summed E-state index contributed by atoms with van der Waals surface area (Å²) in [4.78, 5) is 16.3. The van der Waals surface area contributed by atoms with Crippen molar-refractivity contribution < 1.29 is 18.4 Å². The molecule has 6 heteroatoms. The van der Waals surface area contributed by atoms with Gasteiger partial charge in [0.05, 0.1) is 17.9 Å². The van der Waals surface area contributed by atoms with Crippen LogP contribution in [0.15, 0.2) is 52.9 Å². The number of carbonyl (C=O) groups excluding carboxylic acids is 1. The van der Waals surface area contributed by atoms with Crippen molar-refractivity contribution in [2.24, 2.45) is 5.92 Å². The summed E-state index contributed by atoms with van der Waals surface area (Å²) in [7, 11) is -2.16. The third-order valence-electron chi connectivity index (χ3n) is 6.99. The van der Waals surface area contributed by atoms with E-state index in [0.29, 0.717) is 41.9 Å². The van der Waals surface area contributed by atoms with E-state index in [2.05, 4.69) is 45.8 Å². The predicted molar refractivity (Wildman–Crippen MR) is 135 cm³/mol. The summed E-state index contributed by atoms with van der Waals surface area (Å²) in [5.41, 5.74) is 2.37. The molecule has 1 heterocycles. The molecule has 0 aliphatic rings. The first-order chi connectivity index (χ1) is 15.5. The van der Waals surface area contributed by atoms with E-state index in [4.69, 9.17) is 13.6 Å². The lowest BCUT2D eigenvalue weighted by Gasteiger charge is -2.42. The molecular formula is C27H35NO4Si. The highest BCUT2D eigenvalue weighted by Gasteiger charge is 2.45. The quantitative estimate of drug-likeness (QED) is 0.236. The minimum absolute atomic E-state index is 0.0327. The van der Waals surface area contributed by atoms with Crippen LogP contribution in [0.5, 0.6) is 11.5 Å². The molecule has 0 N–H and O–H groups in total. The molecular weight excluding hydrogens is 430 g/mol. The van der Waals surface area contributed by atoms with Crippen LogP contribution in [0.4, 0.5) is 0 Å². The fourth-order valence-electron chi connectivity index (χ4n) is 3.52. The van der Waals surface area contributed by atoms with Gasteiger partial charge in [0.2, 0.25) is 5.89 Å². The second-order valence-corrected chi connectivity index (χ2v) is 14.3. The van der Waals surface area contributed by atoms with E-state index in [0.717, 1.165) is 23.3 Å². The number of aldehydes is 1. The van der Waals surface area contributed by atoms with E-state index >= 15 is 0 Å². The Morgan fingerprint density at radius 2 is 1.82 bits per heavy atom. The van der Waals surface area contributed by atoms with E-state index in [1.165, 1.54) is 0 Å². The number of oxazole rings is 1. The first kappa shape index (κ1) is 24.8. The fourth-order valence-corrected chi connectivity index (χ4v) is 5.90. The summed E-state index contributed by atoms with van der Waals surface area (Å²) in [6, 6.07) is 15.3. The fraction of sp³-hybridized carbons (Fsp3) is 0.407. The molecule has 5 nitrogen and oxygen atoms in total. The summed E-state index contributed by atoms with van der Waals surface area (Å²) in [6.45, 7) is 15.7. The van der Waals surface area contributed by atoms with Gasteiger partial charge in [0.25, 0.3) is 8.32 Å². The summed E-state index contributed by atoms with van der Waals surface area (Å²) >= 11 is 0. The Labute approximate surface area is 198 Å². The van der Waals surface area contributed by atoms with Gasteiger partial charge < -0.3 is 13.6 Å². The molecule has 0 unspecified atom stereocenters. The second kappa shape index (κ2) is 9.95. The zero-order valence-electron chi connectivity index (χ0n) is 20.8. The monoisotopic (exact) mass is 465 g/mol. The molecule has 0 aliphatic heterocycles. The average Bonchev–Trinajstić information content (AvgIpc) is 3.14. The number of hydrogen-bond acceptors (Lipinski definition) is 5. The first-order valence-corrected chi connectivity index (χ1v) is 14.4. The summed E-state index contributed by atoms with van der Waals surface area (Å²) < 4.78 is 18.4. The Hall–Kier alpha value is -2.86. The van der Waals surface area contributed by atoms with Crippen molar-refractivity contribution in [2.45, 2.75) is 59.2 Å². The molecule has 0 atom stereocenters. The molecule has 0 spiro atoms. The topological polar surface area (TPSA) is 61.6 Å². The van der Waals surface area contributed by atoms with Crippen LogP contribution in [0.1, 0.15) is 49.5 Å². The number of ether oxygens (including phenoxy) is 1. The Balaban J connectivity index is 1.70. The molecule has 3 rings (SSSR count). The summed E-state index contributed by atoms with van der Waals surface area (Å²) in [6.07, 6.45) is 1.46. The van der Waals surface area contributed by atoms with E-state index < -0.39 is 8.32 Å². The Morgan fingerprint density at radius 3 is 2.45 bits per heavy atom. The van der Waals surface area contributed by atoms with Crippen LogP contribution in [0.3, 0.4) is 0 Å². The van der Waals surface area contributed by atoms with Crippen molar-refractivity contribution in [1.82, 2.24) is 4.98 Å². The molecule has 176 valence electrons. The molecule has 0 fully saturated rings. The van der Waals surface area contributed by atoms with Crippen molar-refractivity contribution >= 4 is 14.6 Å². The van der Waals surface area contributed by atoms with Crippen molar-refractivity contribution in [1.29, 1.82) is 0 Å². The van der Waals surface area contributed by atoms with Gasteiger partial charge in [0, 0.05) is 18.1 Å². The van der Waals surface area contributed by atoms with Crippen molar-refractivity contribution in [3.05, 3.63) is 65.5 Å². The highest BCUT2D eigenvalue weighted by molar-refractivity contribution is 6.75. The minimum Gasteiger partial charge on any atom is -0.543 e. The maximum Gasteiger partial charge on any atom is 0.251 e. The highest BCUT2D eigenvalue weighted by atomic mass is 28.4. The number of hydrogen-bond donors (Lipinski definition) is 0. The largest absolute Gasteiger partial charge is 0.543 e. The minimum atomic E-state index is -2.16. The van der Waals surface area contributed by atoms with Crippen LogP contribution in [0, 0.1) is 12.8 Å². The van der Waals surface area contributed by atoms with Gasteiger partial charge in [0.1, 0.15) is 17.3 Å². The average molecular weight is 466 g/mol. The number of benzene rings is 2. The third-order valence-corrected chi connectivity index (χ3v) is 11.4. The van der Waals surface area contributed by atoms with Crippen molar-refractivity contribution in [3.8, 4) is 23.0 Å². The molecule has 0 bridgehead atoms. The van der Waals surface area contributed by atoms with Gasteiger partial charge >= 0.3 is 0 Å². The van der Waals surface area contributed by atoms with Crippen LogP contribution in [0.2, 0.25) is 18.1 Å². The van der Waals surface area contributed by atoms with E-state index in [1.54, 1.807) is 6.07 Å². The number of nitrogens with zero attached hydrogens (tertiary/aromatic N) is 1.